The molecule has 2 rings (SSSR count). The Morgan fingerprint density at radius 1 is 1.08 bits per heavy atom. The van der Waals surface area contributed by atoms with Crippen LogP contribution in [0.3, 0.4) is 0 Å². The Labute approximate surface area is 158 Å². The molecule has 0 aliphatic heterocycles. The highest BCUT2D eigenvalue weighted by atomic mass is 79.9. The van der Waals surface area contributed by atoms with E-state index >= 15 is 0 Å². The highest BCUT2D eigenvalue weighted by Gasteiger charge is 2.13. The molecule has 2 N–H and O–H groups in total. The molecule has 0 saturated heterocycles. The lowest BCUT2D eigenvalue weighted by Gasteiger charge is -2.17. The van der Waals surface area contributed by atoms with Gasteiger partial charge in [-0.3, -0.25) is 0 Å². The molecular weight excluding hydrogens is 382 g/mol. The van der Waals surface area contributed by atoms with Crippen LogP contribution in [0.15, 0.2) is 46.9 Å². The second-order valence-electron chi connectivity index (χ2n) is 5.78. The monoisotopic (exact) mass is 407 g/mol. The van der Waals surface area contributed by atoms with Crippen LogP contribution in [-0.4, -0.2) is 24.4 Å². The standard InChI is InChI=1S/C20H26BrNO3/c1-3-17(13-23)22-12-16-10-18(21)20(19(11-16)24-4-2)25-14-15-8-6-5-7-9-15/h5-11,17,22-23H,3-4,12-14H2,1-2H3. The Morgan fingerprint density at radius 2 is 1.84 bits per heavy atom. The fraction of sp³-hybridized carbons (Fsp3) is 0.400. The van der Waals surface area contributed by atoms with Gasteiger partial charge < -0.3 is 19.9 Å². The summed E-state index contributed by atoms with van der Waals surface area (Å²) < 4.78 is 12.6. The third kappa shape index (κ3) is 6.03. The number of ether oxygens (including phenoxy) is 2. The molecule has 0 aliphatic rings. The smallest absolute Gasteiger partial charge is 0.175 e. The van der Waals surface area contributed by atoms with E-state index in [9.17, 15) is 5.11 Å². The van der Waals surface area contributed by atoms with Crippen LogP contribution >= 0.6 is 15.9 Å². The Balaban J connectivity index is 2.13. The number of aliphatic hydroxyl groups is 1. The lowest BCUT2D eigenvalue weighted by atomic mass is 10.1. The molecule has 0 heterocycles. The second-order valence-corrected chi connectivity index (χ2v) is 6.64. The van der Waals surface area contributed by atoms with Crippen molar-refractivity contribution in [3.05, 3.63) is 58.1 Å². The topological polar surface area (TPSA) is 50.7 Å². The van der Waals surface area contributed by atoms with Gasteiger partial charge in [0, 0.05) is 12.6 Å². The van der Waals surface area contributed by atoms with Crippen molar-refractivity contribution in [2.45, 2.75) is 39.5 Å². The summed E-state index contributed by atoms with van der Waals surface area (Å²) >= 11 is 3.60. The molecule has 0 fully saturated rings. The molecule has 2 aromatic rings. The summed E-state index contributed by atoms with van der Waals surface area (Å²) in [6.07, 6.45) is 0.883. The maximum Gasteiger partial charge on any atom is 0.175 e. The van der Waals surface area contributed by atoms with Crippen LogP contribution in [0, 0.1) is 0 Å². The first-order valence-corrected chi connectivity index (χ1v) is 9.43. The maximum absolute atomic E-state index is 9.30. The Kier molecular flexibility index (Phi) is 8.25. The van der Waals surface area contributed by atoms with E-state index in [0.717, 1.165) is 27.8 Å². The van der Waals surface area contributed by atoms with Gasteiger partial charge in [0.2, 0.25) is 0 Å². The zero-order valence-electron chi connectivity index (χ0n) is 14.8. The summed E-state index contributed by atoms with van der Waals surface area (Å²) in [5, 5.41) is 12.6. The maximum atomic E-state index is 9.30. The van der Waals surface area contributed by atoms with Crippen molar-refractivity contribution in [1.82, 2.24) is 5.32 Å². The molecule has 5 heteroatoms. The molecule has 0 saturated carbocycles. The zero-order chi connectivity index (χ0) is 18.1. The van der Waals surface area contributed by atoms with Gasteiger partial charge in [-0.2, -0.15) is 0 Å². The fourth-order valence-electron chi connectivity index (χ4n) is 2.46. The van der Waals surface area contributed by atoms with E-state index in [0.29, 0.717) is 25.5 Å². The summed E-state index contributed by atoms with van der Waals surface area (Å²) in [6.45, 7) is 5.86. The minimum Gasteiger partial charge on any atom is -0.490 e. The third-order valence-electron chi connectivity index (χ3n) is 3.90. The molecule has 136 valence electrons. The minimum absolute atomic E-state index is 0.100. The molecule has 2 aromatic carbocycles. The highest BCUT2D eigenvalue weighted by molar-refractivity contribution is 9.10. The fourth-order valence-corrected chi connectivity index (χ4v) is 3.06. The van der Waals surface area contributed by atoms with Crippen molar-refractivity contribution in [3.8, 4) is 11.5 Å². The average molecular weight is 408 g/mol. The van der Waals surface area contributed by atoms with Gasteiger partial charge in [-0.25, -0.2) is 0 Å². The summed E-state index contributed by atoms with van der Waals surface area (Å²) in [6, 6.07) is 14.2. The summed E-state index contributed by atoms with van der Waals surface area (Å²) in [5.41, 5.74) is 2.19. The van der Waals surface area contributed by atoms with Gasteiger partial charge in [0.05, 0.1) is 17.7 Å². The molecule has 4 nitrogen and oxygen atoms in total. The molecular formula is C20H26BrNO3. The quantitative estimate of drug-likeness (QED) is 0.616. The van der Waals surface area contributed by atoms with E-state index in [4.69, 9.17) is 9.47 Å². The van der Waals surface area contributed by atoms with E-state index in [-0.39, 0.29) is 12.6 Å². The van der Waals surface area contributed by atoms with E-state index < -0.39 is 0 Å². The van der Waals surface area contributed by atoms with Gasteiger partial charge in [-0.05, 0) is 52.5 Å². The van der Waals surface area contributed by atoms with Gasteiger partial charge in [0.1, 0.15) is 6.61 Å². The van der Waals surface area contributed by atoms with Crippen LogP contribution in [0.2, 0.25) is 0 Å². The molecule has 1 atom stereocenters. The van der Waals surface area contributed by atoms with Gasteiger partial charge >= 0.3 is 0 Å². The predicted molar refractivity (Wildman–Crippen MR) is 104 cm³/mol. The van der Waals surface area contributed by atoms with E-state index in [1.54, 1.807) is 0 Å². The second kappa shape index (κ2) is 10.4. The minimum atomic E-state index is 0.100. The van der Waals surface area contributed by atoms with Crippen LogP contribution in [-0.2, 0) is 13.2 Å². The first-order chi connectivity index (χ1) is 12.2. The number of halogens is 1. The molecule has 0 radical (unpaired) electrons. The van der Waals surface area contributed by atoms with E-state index in [1.807, 2.05) is 49.4 Å². The Morgan fingerprint density at radius 3 is 2.48 bits per heavy atom. The van der Waals surface area contributed by atoms with Crippen LogP contribution in [0.4, 0.5) is 0 Å². The lowest BCUT2D eigenvalue weighted by molar-refractivity contribution is 0.238. The molecule has 0 aliphatic carbocycles. The predicted octanol–water partition coefficient (Wildman–Crippen LogP) is 4.29. The number of hydrogen-bond donors (Lipinski definition) is 2. The van der Waals surface area contributed by atoms with Crippen molar-refractivity contribution in [2.75, 3.05) is 13.2 Å². The summed E-state index contributed by atoms with van der Waals surface area (Å²) in [4.78, 5) is 0. The van der Waals surface area contributed by atoms with Crippen molar-refractivity contribution in [3.63, 3.8) is 0 Å². The number of nitrogens with one attached hydrogen (secondary N) is 1. The van der Waals surface area contributed by atoms with Crippen molar-refractivity contribution in [2.24, 2.45) is 0 Å². The van der Waals surface area contributed by atoms with Gasteiger partial charge in [-0.1, -0.05) is 37.3 Å². The summed E-state index contributed by atoms with van der Waals surface area (Å²) in [7, 11) is 0. The van der Waals surface area contributed by atoms with Gasteiger partial charge in [0.25, 0.3) is 0 Å². The normalized spacial score (nSPS) is 12.0. The zero-order valence-corrected chi connectivity index (χ0v) is 16.4. The van der Waals surface area contributed by atoms with Crippen LogP contribution in [0.5, 0.6) is 11.5 Å². The third-order valence-corrected chi connectivity index (χ3v) is 4.49. The largest absolute Gasteiger partial charge is 0.490 e. The summed E-state index contributed by atoms with van der Waals surface area (Å²) in [5.74, 6) is 1.44. The van der Waals surface area contributed by atoms with Crippen molar-refractivity contribution in [1.29, 1.82) is 0 Å². The average Bonchev–Trinajstić information content (AvgIpc) is 2.63. The van der Waals surface area contributed by atoms with Crippen LogP contribution in [0.1, 0.15) is 31.4 Å². The van der Waals surface area contributed by atoms with Gasteiger partial charge in [-0.15, -0.1) is 0 Å². The Hall–Kier alpha value is -1.56. The Bertz CT molecular complexity index is 645. The number of rotatable bonds is 10. The van der Waals surface area contributed by atoms with Crippen molar-refractivity contribution >= 4 is 15.9 Å². The van der Waals surface area contributed by atoms with E-state index in [2.05, 4.69) is 28.2 Å². The first kappa shape index (κ1) is 19.8. The lowest BCUT2D eigenvalue weighted by Crippen LogP contribution is -2.31. The SMILES string of the molecule is CCOc1cc(CNC(CC)CO)cc(Br)c1OCc1ccccc1. The molecule has 1 unspecified atom stereocenters. The molecule has 0 bridgehead atoms. The number of hydrogen-bond acceptors (Lipinski definition) is 4. The van der Waals surface area contributed by atoms with Crippen molar-refractivity contribution < 1.29 is 14.6 Å². The van der Waals surface area contributed by atoms with Gasteiger partial charge in [0.15, 0.2) is 11.5 Å². The number of aliphatic hydroxyl groups excluding tert-OH is 1. The first-order valence-electron chi connectivity index (χ1n) is 8.64. The van der Waals surface area contributed by atoms with Crippen LogP contribution in [0.25, 0.3) is 0 Å². The van der Waals surface area contributed by atoms with Crippen LogP contribution < -0.4 is 14.8 Å². The molecule has 25 heavy (non-hydrogen) atoms. The molecule has 0 spiro atoms. The molecule has 0 amide bonds. The number of benzene rings is 2. The van der Waals surface area contributed by atoms with E-state index in [1.165, 1.54) is 0 Å². The highest BCUT2D eigenvalue weighted by Crippen LogP contribution is 2.37. The molecule has 0 aromatic heterocycles.